The summed E-state index contributed by atoms with van der Waals surface area (Å²) in [6, 6.07) is 4.88. The van der Waals surface area contributed by atoms with E-state index in [-0.39, 0.29) is 5.56 Å². The summed E-state index contributed by atoms with van der Waals surface area (Å²) in [5.74, 6) is -3.49. The molecule has 0 saturated carbocycles. The second-order valence-corrected chi connectivity index (χ2v) is 4.50. The molecule has 0 radical (unpaired) electrons. The maximum atomic E-state index is 12.2. The minimum Gasteiger partial charge on any atom is -0.481 e. The highest BCUT2D eigenvalue weighted by Gasteiger charge is 2.40. The van der Waals surface area contributed by atoms with E-state index in [1.807, 2.05) is 0 Å². The zero-order valence-corrected chi connectivity index (χ0v) is 11.0. The summed E-state index contributed by atoms with van der Waals surface area (Å²) >= 11 is 3.10. The Morgan fingerprint density at radius 3 is 2.37 bits per heavy atom. The minimum absolute atomic E-state index is 0.266. The highest BCUT2D eigenvalue weighted by molar-refractivity contribution is 9.10. The van der Waals surface area contributed by atoms with Gasteiger partial charge < -0.3 is 10.4 Å². The second kappa shape index (κ2) is 6.05. The van der Waals surface area contributed by atoms with Crippen molar-refractivity contribution in [2.75, 3.05) is 0 Å². The Balaban J connectivity index is 3.00. The Labute approximate surface area is 114 Å². The van der Waals surface area contributed by atoms with Crippen LogP contribution in [0, 0.1) is 0 Å². The van der Waals surface area contributed by atoms with E-state index >= 15 is 0 Å². The molecule has 104 valence electrons. The van der Waals surface area contributed by atoms with Crippen LogP contribution in [-0.2, 0) is 9.59 Å². The van der Waals surface area contributed by atoms with Crippen molar-refractivity contribution in [3.63, 3.8) is 0 Å². The van der Waals surface area contributed by atoms with Gasteiger partial charge in [-0.15, -0.1) is 0 Å². The molecule has 0 aliphatic carbocycles. The number of halogens is 4. The third-order valence-electron chi connectivity index (χ3n) is 2.22. The van der Waals surface area contributed by atoms with Crippen LogP contribution in [0.1, 0.15) is 18.0 Å². The van der Waals surface area contributed by atoms with Gasteiger partial charge in [0.2, 0.25) is 0 Å². The summed E-state index contributed by atoms with van der Waals surface area (Å²) in [5, 5.41) is 10.4. The molecule has 0 saturated heterocycles. The molecular weight excluding hydrogens is 331 g/mol. The van der Waals surface area contributed by atoms with Crippen LogP contribution in [0.25, 0.3) is 0 Å². The number of amides is 1. The average molecular weight is 340 g/mol. The Morgan fingerprint density at radius 2 is 1.89 bits per heavy atom. The fraction of sp³-hybridized carbons (Fsp3) is 0.273. The molecule has 0 aliphatic heterocycles. The quantitative estimate of drug-likeness (QED) is 0.886. The molecule has 0 aliphatic rings. The maximum Gasteiger partial charge on any atom is 0.471 e. The van der Waals surface area contributed by atoms with E-state index < -0.39 is 30.5 Å². The molecule has 0 fully saturated rings. The topological polar surface area (TPSA) is 66.4 Å². The highest BCUT2D eigenvalue weighted by Crippen LogP contribution is 2.27. The van der Waals surface area contributed by atoms with Gasteiger partial charge in [-0.3, -0.25) is 9.59 Å². The summed E-state index contributed by atoms with van der Waals surface area (Å²) in [6.45, 7) is 0. The number of rotatable bonds is 4. The molecule has 2 N–H and O–H groups in total. The van der Waals surface area contributed by atoms with Crippen LogP contribution in [0.3, 0.4) is 0 Å². The van der Waals surface area contributed by atoms with E-state index in [1.165, 1.54) is 12.1 Å². The lowest BCUT2D eigenvalue weighted by Crippen LogP contribution is -2.39. The van der Waals surface area contributed by atoms with Gasteiger partial charge in [0.25, 0.3) is 0 Å². The fourth-order valence-electron chi connectivity index (χ4n) is 1.41. The molecule has 0 spiro atoms. The van der Waals surface area contributed by atoms with E-state index in [1.54, 1.807) is 17.4 Å². The zero-order chi connectivity index (χ0) is 14.6. The molecule has 1 amide bonds. The molecule has 0 unspecified atom stereocenters. The van der Waals surface area contributed by atoms with E-state index in [9.17, 15) is 22.8 Å². The van der Waals surface area contributed by atoms with Crippen molar-refractivity contribution in [3.8, 4) is 0 Å². The molecule has 19 heavy (non-hydrogen) atoms. The van der Waals surface area contributed by atoms with E-state index in [0.717, 1.165) is 0 Å². The van der Waals surface area contributed by atoms with Crippen molar-refractivity contribution in [2.45, 2.75) is 18.6 Å². The van der Waals surface area contributed by atoms with Gasteiger partial charge in [-0.05, 0) is 11.6 Å². The van der Waals surface area contributed by atoms with Gasteiger partial charge in [-0.2, -0.15) is 13.2 Å². The van der Waals surface area contributed by atoms with Crippen molar-refractivity contribution in [1.29, 1.82) is 0 Å². The summed E-state index contributed by atoms with van der Waals surface area (Å²) < 4.78 is 37.0. The number of alkyl halides is 3. The normalized spacial score (nSPS) is 12.8. The van der Waals surface area contributed by atoms with E-state index in [2.05, 4.69) is 15.9 Å². The Hall–Kier alpha value is -1.57. The predicted octanol–water partition coefficient (Wildman–Crippen LogP) is 2.64. The minimum atomic E-state index is -5.06. The maximum absolute atomic E-state index is 12.2. The number of carbonyl (C=O) groups excluding carboxylic acids is 1. The van der Waals surface area contributed by atoms with Crippen LogP contribution < -0.4 is 5.32 Å². The van der Waals surface area contributed by atoms with Gasteiger partial charge in [0.05, 0.1) is 12.5 Å². The first-order valence-corrected chi connectivity index (χ1v) is 5.85. The van der Waals surface area contributed by atoms with Crippen molar-refractivity contribution >= 4 is 27.8 Å². The third kappa shape index (κ3) is 4.55. The summed E-state index contributed by atoms with van der Waals surface area (Å²) in [5.41, 5.74) is 0.266. The summed E-state index contributed by atoms with van der Waals surface area (Å²) in [4.78, 5) is 21.6. The number of carbonyl (C=O) groups is 2. The van der Waals surface area contributed by atoms with Gasteiger partial charge in [0, 0.05) is 4.47 Å². The van der Waals surface area contributed by atoms with Gasteiger partial charge in [0.15, 0.2) is 0 Å². The standard InChI is InChI=1S/C11H9BrF3NO3/c12-7-4-2-1-3-6(7)8(5-9(17)18)16-10(19)11(13,14)15/h1-4,8H,5H2,(H,16,19)(H,17,18)/t8-/m1/s1. The first-order valence-electron chi connectivity index (χ1n) is 5.05. The molecule has 1 aromatic rings. The van der Waals surface area contributed by atoms with Crippen LogP contribution in [-0.4, -0.2) is 23.2 Å². The van der Waals surface area contributed by atoms with Crippen molar-refractivity contribution in [3.05, 3.63) is 34.3 Å². The second-order valence-electron chi connectivity index (χ2n) is 3.64. The molecule has 1 atom stereocenters. The lowest BCUT2D eigenvalue weighted by atomic mass is 10.0. The van der Waals surface area contributed by atoms with Crippen molar-refractivity contribution < 1.29 is 27.9 Å². The molecule has 1 aromatic carbocycles. The Kier molecular flexibility index (Phi) is 4.93. The van der Waals surface area contributed by atoms with Gasteiger partial charge in [-0.1, -0.05) is 34.1 Å². The lowest BCUT2D eigenvalue weighted by molar-refractivity contribution is -0.174. The average Bonchev–Trinajstić information content (AvgIpc) is 2.26. The zero-order valence-electron chi connectivity index (χ0n) is 9.37. The summed E-state index contributed by atoms with van der Waals surface area (Å²) in [7, 11) is 0. The monoisotopic (exact) mass is 339 g/mol. The predicted molar refractivity (Wildman–Crippen MR) is 63.3 cm³/mol. The Bertz CT molecular complexity index is 490. The number of carboxylic acids is 1. The van der Waals surface area contributed by atoms with Crippen LogP contribution in [0.5, 0.6) is 0 Å². The first kappa shape index (κ1) is 15.5. The largest absolute Gasteiger partial charge is 0.481 e. The molecule has 1 rings (SSSR count). The number of hydrogen-bond acceptors (Lipinski definition) is 2. The van der Waals surface area contributed by atoms with Gasteiger partial charge >= 0.3 is 18.1 Å². The van der Waals surface area contributed by atoms with E-state index in [0.29, 0.717) is 4.47 Å². The van der Waals surface area contributed by atoms with Gasteiger partial charge in [-0.25, -0.2) is 0 Å². The highest BCUT2D eigenvalue weighted by atomic mass is 79.9. The van der Waals surface area contributed by atoms with Crippen LogP contribution in [0.15, 0.2) is 28.7 Å². The molecule has 0 bridgehead atoms. The van der Waals surface area contributed by atoms with Crippen LogP contribution in [0.2, 0.25) is 0 Å². The first-order chi connectivity index (χ1) is 8.71. The fourth-order valence-corrected chi connectivity index (χ4v) is 1.97. The van der Waals surface area contributed by atoms with E-state index in [4.69, 9.17) is 5.11 Å². The number of benzene rings is 1. The number of aliphatic carboxylic acids is 1. The van der Waals surface area contributed by atoms with Gasteiger partial charge in [0.1, 0.15) is 0 Å². The molecule has 0 heterocycles. The van der Waals surface area contributed by atoms with Crippen LogP contribution >= 0.6 is 15.9 Å². The summed E-state index contributed by atoms with van der Waals surface area (Å²) in [6.07, 6.45) is -5.71. The molecule has 4 nitrogen and oxygen atoms in total. The number of nitrogens with one attached hydrogen (secondary N) is 1. The van der Waals surface area contributed by atoms with Crippen molar-refractivity contribution in [2.24, 2.45) is 0 Å². The smallest absolute Gasteiger partial charge is 0.471 e. The molecule has 8 heteroatoms. The SMILES string of the molecule is O=C(O)C[C@@H](NC(=O)C(F)(F)F)c1ccccc1Br. The number of hydrogen-bond donors (Lipinski definition) is 2. The molecular formula is C11H9BrF3NO3. The third-order valence-corrected chi connectivity index (χ3v) is 2.94. The Morgan fingerprint density at radius 1 is 1.32 bits per heavy atom. The lowest BCUT2D eigenvalue weighted by Gasteiger charge is -2.19. The molecule has 0 aromatic heterocycles. The van der Waals surface area contributed by atoms with Crippen LogP contribution in [0.4, 0.5) is 13.2 Å². The van der Waals surface area contributed by atoms with Crippen molar-refractivity contribution in [1.82, 2.24) is 5.32 Å². The number of carboxylic acid groups (broad SMARTS) is 1.